The number of ether oxygens (including phenoxy) is 2. The molecule has 2 aromatic heterocycles. The first-order valence-electron chi connectivity index (χ1n) is 26.7. The predicted octanol–water partition coefficient (Wildman–Crippen LogP) is 4.37. The zero-order chi connectivity index (χ0) is 55.6. The largest absolute Gasteiger partial charge is 0.458 e. The number of unbranched alkanes of at least 4 members (excludes halogenated alkanes) is 2. The number of rotatable bonds is 25. The fraction of sp³-hybridized carbons (Fsp3) is 0.466. The van der Waals surface area contributed by atoms with E-state index in [1.807, 2.05) is 18.2 Å². The van der Waals surface area contributed by atoms with Gasteiger partial charge in [-0.25, -0.2) is 14.2 Å². The Labute approximate surface area is 448 Å². The van der Waals surface area contributed by atoms with E-state index in [1.165, 1.54) is 22.8 Å². The van der Waals surface area contributed by atoms with Crippen LogP contribution in [-0.4, -0.2) is 116 Å². The molecule has 5 amide bonds. The third-order valence-corrected chi connectivity index (χ3v) is 16.0. The maximum Gasteiger partial charge on any atom is 0.343 e. The van der Waals surface area contributed by atoms with Crippen LogP contribution in [0.4, 0.5) is 4.39 Å². The molecule has 2 aliphatic carbocycles. The van der Waals surface area contributed by atoms with Crippen molar-refractivity contribution in [1.29, 1.82) is 0 Å². The molecule has 410 valence electrons. The second-order valence-electron chi connectivity index (χ2n) is 21.0. The summed E-state index contributed by atoms with van der Waals surface area (Å²) in [6, 6.07) is 11.4. The van der Waals surface area contributed by atoms with Gasteiger partial charge in [0.2, 0.25) is 11.8 Å². The molecule has 78 heavy (non-hydrogen) atoms. The maximum atomic E-state index is 15.6. The minimum Gasteiger partial charge on any atom is -0.458 e. The van der Waals surface area contributed by atoms with Crippen molar-refractivity contribution in [3.8, 4) is 11.4 Å². The molecule has 5 heterocycles. The van der Waals surface area contributed by atoms with Gasteiger partial charge in [0.05, 0.1) is 54.8 Å². The van der Waals surface area contributed by atoms with Crippen molar-refractivity contribution in [2.45, 2.75) is 134 Å². The molecule has 0 bridgehead atoms. The van der Waals surface area contributed by atoms with Crippen LogP contribution < -0.4 is 16.2 Å². The molecule has 4 aromatic rings. The van der Waals surface area contributed by atoms with Crippen LogP contribution in [0.3, 0.4) is 0 Å². The Morgan fingerprint density at radius 1 is 0.897 bits per heavy atom. The Morgan fingerprint density at radius 3 is 2.35 bits per heavy atom. The van der Waals surface area contributed by atoms with Gasteiger partial charge in [-0.2, -0.15) is 0 Å². The van der Waals surface area contributed by atoms with E-state index in [0.717, 1.165) is 21.6 Å². The summed E-state index contributed by atoms with van der Waals surface area (Å²) in [7, 11) is 1.68. The number of hydrogen-bond acceptors (Lipinski definition) is 14. The molecule has 3 atom stereocenters. The van der Waals surface area contributed by atoms with Gasteiger partial charge in [0.15, 0.2) is 17.2 Å². The highest BCUT2D eigenvalue weighted by atomic mass is 19.1. The molecule has 1 saturated carbocycles. The zero-order valence-electron chi connectivity index (χ0n) is 44.0. The lowest BCUT2D eigenvalue weighted by Gasteiger charge is -2.36. The van der Waals surface area contributed by atoms with Crippen LogP contribution in [0.1, 0.15) is 129 Å². The van der Waals surface area contributed by atoms with Gasteiger partial charge in [0.25, 0.3) is 23.3 Å². The number of esters is 1. The third kappa shape index (κ3) is 11.1. The van der Waals surface area contributed by atoms with Gasteiger partial charge < -0.3 is 34.7 Å². The van der Waals surface area contributed by atoms with Gasteiger partial charge >= 0.3 is 5.97 Å². The number of ketones is 3. The first-order chi connectivity index (χ1) is 37.3. The molecule has 9 rings (SSSR count). The Balaban J connectivity index is 0.781. The van der Waals surface area contributed by atoms with Crippen LogP contribution in [0.5, 0.6) is 0 Å². The molecule has 0 unspecified atom stereocenters. The fourth-order valence-electron chi connectivity index (χ4n) is 11.3. The van der Waals surface area contributed by atoms with Gasteiger partial charge in [-0.05, 0) is 86.6 Å². The summed E-state index contributed by atoms with van der Waals surface area (Å²) in [6.45, 7) is 2.54. The number of carbonyl (C=O) groups is 9. The lowest BCUT2D eigenvalue weighted by atomic mass is 9.81. The molecule has 1 fully saturated rings. The highest BCUT2D eigenvalue weighted by Gasteiger charge is 2.54. The van der Waals surface area contributed by atoms with E-state index in [4.69, 9.17) is 14.5 Å². The number of cyclic esters (lactones) is 1. The molecule has 5 aliphatic rings. The summed E-state index contributed by atoms with van der Waals surface area (Å²) in [4.78, 5) is 138. The number of aromatic nitrogens is 2. The number of halogens is 1. The van der Waals surface area contributed by atoms with Gasteiger partial charge in [0.1, 0.15) is 23.8 Å². The summed E-state index contributed by atoms with van der Waals surface area (Å²) >= 11 is 0. The standard InChI is InChI=1S/C58H63FN6O13/c1-4-58(76)42-27-46-52-40(31-65(46)54(73)41(42)32-77-56(58)75)51-45(16-15-39-33(2)43(59)28-44(62-52)50(39)51)63(3)55(74)57(21-22-57)78-24-20-37(67)29-61-53(72)35(25-34-11-7-5-8-12-34)26-38(68)30-60-47(69)17-14-36(66)13-9-6-10-23-64-48(70)18-19-49(64)71/h5,7-8,11-12,18-19,27-28,35,45,76H,4,6,9-10,13-17,20-26,29-32H2,1-3H3,(H,60,69)(H,61,72)/t35-,45+,58+/m1/s1. The van der Waals surface area contributed by atoms with Gasteiger partial charge in [-0.15, -0.1) is 0 Å². The number of nitrogens with zero attached hydrogens (tertiary/aromatic N) is 4. The number of Topliss-reactive ketones (excluding diaryl/α,β-unsaturated/α-hetero) is 3. The quantitative estimate of drug-likeness (QED) is 0.0417. The van der Waals surface area contributed by atoms with Crippen molar-refractivity contribution in [3.63, 3.8) is 0 Å². The Kier molecular flexibility index (Phi) is 16.1. The number of carbonyl (C=O) groups excluding carboxylic acids is 9. The van der Waals surface area contributed by atoms with E-state index in [2.05, 4.69) is 10.6 Å². The molecule has 3 aliphatic heterocycles. The normalized spacial score (nSPS) is 18.7. The molecular formula is C58H63FN6O13. The van der Waals surface area contributed by atoms with E-state index in [9.17, 15) is 53.1 Å². The molecule has 19 nitrogen and oxygen atoms in total. The summed E-state index contributed by atoms with van der Waals surface area (Å²) in [5.41, 5.74) is 1.08. The van der Waals surface area contributed by atoms with Gasteiger partial charge in [0, 0.05) is 86.3 Å². The van der Waals surface area contributed by atoms with E-state index >= 15 is 4.39 Å². The SMILES string of the molecule is CC[C@@]1(O)C(=O)OCc2c1cc1n(c2=O)Cc2c-1nc1cc(F)c(C)c3c1c2[C@@H](N(C)C(=O)C1(OCCC(=O)CNC(=O)[C@@H](CC(=O)CNC(=O)CCC(=O)CCCCCN2C(=O)C=CC2=O)Cc2ccccc2)CC1)CC3. The first kappa shape index (κ1) is 55.2. The van der Waals surface area contributed by atoms with Crippen molar-refractivity contribution >= 4 is 63.8 Å². The predicted molar refractivity (Wildman–Crippen MR) is 278 cm³/mol. The van der Waals surface area contributed by atoms with Crippen LogP contribution in [-0.2, 0) is 84.2 Å². The number of pyridine rings is 2. The zero-order valence-corrected chi connectivity index (χ0v) is 44.0. The summed E-state index contributed by atoms with van der Waals surface area (Å²) in [6.07, 6.45) is 5.70. The second kappa shape index (κ2) is 22.8. The summed E-state index contributed by atoms with van der Waals surface area (Å²) in [5, 5.41) is 17.4. The Hall–Kier alpha value is -7.58. The van der Waals surface area contributed by atoms with Crippen molar-refractivity contribution in [2.24, 2.45) is 5.92 Å². The average Bonchev–Trinajstić information content (AvgIpc) is 4.16. The number of likely N-dealkylation sites (N-methyl/N-ethyl adjacent to an activating group) is 1. The second-order valence-corrected chi connectivity index (χ2v) is 21.0. The van der Waals surface area contributed by atoms with E-state index < -0.39 is 58.1 Å². The van der Waals surface area contributed by atoms with Crippen molar-refractivity contribution in [2.75, 3.05) is 33.3 Å². The number of aliphatic hydroxyl groups is 1. The van der Waals surface area contributed by atoms with Crippen LogP contribution in [0, 0.1) is 18.7 Å². The van der Waals surface area contributed by atoms with Crippen molar-refractivity contribution in [1.82, 2.24) is 30.0 Å². The Bertz CT molecular complexity index is 3240. The minimum absolute atomic E-state index is 0.0183. The number of imide groups is 1. The van der Waals surface area contributed by atoms with E-state index in [1.54, 1.807) is 44.0 Å². The monoisotopic (exact) mass is 1070 g/mol. The molecular weight excluding hydrogens is 1010 g/mol. The highest BCUT2D eigenvalue weighted by molar-refractivity contribution is 6.12. The number of benzene rings is 2. The number of hydrogen-bond donors (Lipinski definition) is 3. The van der Waals surface area contributed by atoms with Crippen LogP contribution in [0.25, 0.3) is 22.3 Å². The summed E-state index contributed by atoms with van der Waals surface area (Å²) in [5.74, 6) is -5.13. The van der Waals surface area contributed by atoms with Gasteiger partial charge in [-0.3, -0.25) is 48.1 Å². The number of fused-ring (bicyclic) bond motifs is 5. The minimum atomic E-state index is -2.05. The van der Waals surface area contributed by atoms with Crippen LogP contribution >= 0.6 is 0 Å². The third-order valence-electron chi connectivity index (χ3n) is 16.0. The smallest absolute Gasteiger partial charge is 0.343 e. The number of aryl methyl sites for hydroxylation is 1. The van der Waals surface area contributed by atoms with E-state index in [-0.39, 0.29) is 125 Å². The van der Waals surface area contributed by atoms with Crippen molar-refractivity contribution in [3.05, 3.63) is 110 Å². The lowest BCUT2D eigenvalue weighted by Crippen LogP contribution is -2.44. The number of amides is 5. The van der Waals surface area contributed by atoms with E-state index in [0.29, 0.717) is 78.4 Å². The van der Waals surface area contributed by atoms with Crippen LogP contribution in [0.2, 0.25) is 0 Å². The average molecular weight is 1070 g/mol. The topological polar surface area (TPSA) is 258 Å². The molecule has 20 heteroatoms. The maximum absolute atomic E-state index is 15.6. The summed E-state index contributed by atoms with van der Waals surface area (Å²) < 4.78 is 28.5. The molecule has 0 radical (unpaired) electrons. The first-order valence-corrected chi connectivity index (χ1v) is 26.7. The van der Waals surface area contributed by atoms with Gasteiger partial charge in [-0.1, -0.05) is 43.7 Å². The molecule has 0 saturated heterocycles. The fourth-order valence-corrected chi connectivity index (χ4v) is 11.3. The molecule has 2 aromatic carbocycles. The molecule has 0 spiro atoms. The Morgan fingerprint density at radius 2 is 1.63 bits per heavy atom. The lowest BCUT2D eigenvalue weighted by molar-refractivity contribution is -0.172. The van der Waals surface area contributed by atoms with Crippen LogP contribution in [0.15, 0.2) is 59.4 Å². The highest BCUT2D eigenvalue weighted by Crippen LogP contribution is 2.49. The number of nitrogens with one attached hydrogen (secondary N) is 2. The molecule has 3 N–H and O–H groups in total. The van der Waals surface area contributed by atoms with Crippen molar-refractivity contribution < 1.29 is 62.1 Å².